The normalized spacial score (nSPS) is 20.6. The molecule has 3 aliphatic rings. The number of likely N-dealkylation sites (tertiary alicyclic amines) is 1. The highest BCUT2D eigenvalue weighted by Crippen LogP contribution is 2.31. The van der Waals surface area contributed by atoms with Crippen molar-refractivity contribution in [3.63, 3.8) is 0 Å². The predicted molar refractivity (Wildman–Crippen MR) is 100 cm³/mol. The second kappa shape index (κ2) is 6.02. The highest BCUT2D eigenvalue weighted by molar-refractivity contribution is 7.90. The topological polar surface area (TPSA) is 84.6 Å². The number of aryl methyl sites for hydroxylation is 2. The molecule has 0 bridgehead atoms. The monoisotopic (exact) mass is 384 g/mol. The van der Waals surface area contributed by atoms with E-state index in [9.17, 15) is 13.2 Å². The molecule has 1 fully saturated rings. The minimum Gasteiger partial charge on any atom is -0.355 e. The van der Waals surface area contributed by atoms with Crippen LogP contribution in [-0.2, 0) is 29.4 Å². The van der Waals surface area contributed by atoms with Gasteiger partial charge in [0.1, 0.15) is 4.90 Å². The summed E-state index contributed by atoms with van der Waals surface area (Å²) in [7, 11) is -3.59. The van der Waals surface area contributed by atoms with E-state index in [0.717, 1.165) is 36.9 Å². The summed E-state index contributed by atoms with van der Waals surface area (Å²) in [5.41, 5.74) is 2.78. The number of aromatic nitrogens is 2. The Bertz CT molecular complexity index is 1110. The Labute approximate surface area is 157 Å². The molecule has 0 N–H and O–H groups in total. The zero-order valence-corrected chi connectivity index (χ0v) is 15.7. The fraction of sp³-hybridized carbons (Fsp3) is 0.421. The van der Waals surface area contributed by atoms with E-state index in [2.05, 4.69) is 9.50 Å². The third-order valence-electron chi connectivity index (χ3n) is 5.57. The van der Waals surface area contributed by atoms with Crippen LogP contribution in [0.1, 0.15) is 29.7 Å². The molecule has 0 atom stereocenters. The van der Waals surface area contributed by atoms with Gasteiger partial charge >= 0.3 is 0 Å². The van der Waals surface area contributed by atoms with Gasteiger partial charge in [-0.05, 0) is 43.4 Å². The third-order valence-corrected chi connectivity index (χ3v) is 6.90. The number of amidine groups is 1. The van der Waals surface area contributed by atoms with Crippen LogP contribution in [0.15, 0.2) is 44.4 Å². The quantitative estimate of drug-likeness (QED) is 0.777. The molecular weight excluding hydrogens is 364 g/mol. The first-order valence-electron chi connectivity index (χ1n) is 9.30. The highest BCUT2D eigenvalue weighted by Gasteiger charge is 2.37. The summed E-state index contributed by atoms with van der Waals surface area (Å²) in [6.07, 6.45) is 4.15. The van der Waals surface area contributed by atoms with Gasteiger partial charge in [-0.2, -0.15) is 13.5 Å². The molecule has 0 unspecified atom stereocenters. The minimum absolute atomic E-state index is 0.0415. The molecular formula is C19H20N4O3S. The van der Waals surface area contributed by atoms with Gasteiger partial charge in [-0.1, -0.05) is 12.1 Å². The smallest absolute Gasteiger partial charge is 0.285 e. The number of fused-ring (bicyclic) bond motifs is 2. The third kappa shape index (κ3) is 2.79. The predicted octanol–water partition coefficient (Wildman–Crippen LogP) is 1.20. The van der Waals surface area contributed by atoms with E-state index in [1.807, 2.05) is 11.0 Å². The summed E-state index contributed by atoms with van der Waals surface area (Å²) in [6.45, 7) is 1.91. The van der Waals surface area contributed by atoms with E-state index in [-0.39, 0.29) is 16.4 Å². The molecule has 5 rings (SSSR count). The highest BCUT2D eigenvalue weighted by atomic mass is 32.2. The molecule has 0 amide bonds. The molecule has 0 spiro atoms. The second-order valence-electron chi connectivity index (χ2n) is 7.50. The van der Waals surface area contributed by atoms with Crippen molar-refractivity contribution in [3.8, 4) is 0 Å². The number of hydrogen-bond donors (Lipinski definition) is 0. The van der Waals surface area contributed by atoms with Gasteiger partial charge in [0.05, 0.1) is 12.2 Å². The molecule has 1 aliphatic carbocycles. The standard InChI is InChI=1S/C19H20N4O3S/c24-18-9-14-5-1-3-7-16(14)20-23(18)12-13-10-22(11-13)19-15-6-2-4-8-17(15)27(25,26)21-19/h2,4,6,8-9,13H,1,3,5,7,10-12H2. The fourth-order valence-corrected chi connectivity index (χ4v) is 5.38. The maximum absolute atomic E-state index is 12.3. The Kier molecular flexibility index (Phi) is 3.72. The Balaban J connectivity index is 1.32. The van der Waals surface area contributed by atoms with Gasteiger partial charge in [-0.25, -0.2) is 4.68 Å². The number of rotatable bonds is 2. The van der Waals surface area contributed by atoms with Crippen molar-refractivity contribution in [2.75, 3.05) is 13.1 Å². The summed E-state index contributed by atoms with van der Waals surface area (Å²) in [6, 6.07) is 8.66. The van der Waals surface area contributed by atoms with Crippen LogP contribution in [0, 0.1) is 5.92 Å². The van der Waals surface area contributed by atoms with Crippen LogP contribution in [0.4, 0.5) is 0 Å². The summed E-state index contributed by atoms with van der Waals surface area (Å²) in [4.78, 5) is 14.6. The molecule has 1 aromatic heterocycles. The molecule has 8 heteroatoms. The van der Waals surface area contributed by atoms with E-state index in [1.54, 1.807) is 28.9 Å². The average molecular weight is 384 g/mol. The van der Waals surface area contributed by atoms with Gasteiger partial charge in [0.15, 0.2) is 5.84 Å². The summed E-state index contributed by atoms with van der Waals surface area (Å²) in [5.74, 6) is 0.780. The summed E-state index contributed by atoms with van der Waals surface area (Å²) >= 11 is 0. The van der Waals surface area contributed by atoms with Crippen molar-refractivity contribution in [2.24, 2.45) is 10.3 Å². The molecule has 27 heavy (non-hydrogen) atoms. The molecule has 0 saturated carbocycles. The van der Waals surface area contributed by atoms with Crippen LogP contribution < -0.4 is 5.56 Å². The van der Waals surface area contributed by atoms with Gasteiger partial charge in [0.25, 0.3) is 15.6 Å². The van der Waals surface area contributed by atoms with E-state index in [0.29, 0.717) is 31.0 Å². The van der Waals surface area contributed by atoms with Gasteiger partial charge in [0.2, 0.25) is 0 Å². The molecule has 1 saturated heterocycles. The van der Waals surface area contributed by atoms with Crippen molar-refractivity contribution in [1.82, 2.24) is 14.7 Å². The molecule has 3 heterocycles. The second-order valence-corrected chi connectivity index (χ2v) is 9.07. The van der Waals surface area contributed by atoms with Gasteiger partial charge in [-0.3, -0.25) is 4.79 Å². The van der Waals surface area contributed by atoms with Crippen molar-refractivity contribution in [2.45, 2.75) is 37.1 Å². The van der Waals surface area contributed by atoms with Crippen LogP contribution >= 0.6 is 0 Å². The van der Waals surface area contributed by atoms with Gasteiger partial charge in [-0.15, -0.1) is 4.40 Å². The van der Waals surface area contributed by atoms with Crippen molar-refractivity contribution >= 4 is 15.9 Å². The lowest BCUT2D eigenvalue weighted by Crippen LogP contribution is -2.52. The molecule has 1 aromatic carbocycles. The zero-order chi connectivity index (χ0) is 18.6. The fourth-order valence-electron chi connectivity index (χ4n) is 4.15. The van der Waals surface area contributed by atoms with E-state index in [4.69, 9.17) is 0 Å². The molecule has 2 aliphatic heterocycles. The lowest BCUT2D eigenvalue weighted by atomic mass is 9.96. The first-order valence-corrected chi connectivity index (χ1v) is 10.7. The SMILES string of the molecule is O=c1cc2c(nn1CC1CN(C3=NS(=O)(=O)c4ccccc43)C1)CCCC2. The lowest BCUT2D eigenvalue weighted by Gasteiger charge is -2.40. The van der Waals surface area contributed by atoms with E-state index >= 15 is 0 Å². The number of sulfonamides is 1. The van der Waals surface area contributed by atoms with Crippen molar-refractivity contribution < 1.29 is 8.42 Å². The average Bonchev–Trinajstić information content (AvgIpc) is 2.89. The van der Waals surface area contributed by atoms with Crippen molar-refractivity contribution in [1.29, 1.82) is 0 Å². The van der Waals surface area contributed by atoms with Crippen LogP contribution in [0.25, 0.3) is 0 Å². The van der Waals surface area contributed by atoms with E-state index in [1.165, 1.54) is 0 Å². The van der Waals surface area contributed by atoms with Gasteiger partial charge < -0.3 is 4.90 Å². The number of benzene rings is 1. The largest absolute Gasteiger partial charge is 0.355 e. The first kappa shape index (κ1) is 16.7. The first-order chi connectivity index (χ1) is 13.0. The lowest BCUT2D eigenvalue weighted by molar-refractivity contribution is 0.161. The van der Waals surface area contributed by atoms with Gasteiger partial charge in [0, 0.05) is 30.6 Å². The molecule has 2 aromatic rings. The maximum Gasteiger partial charge on any atom is 0.285 e. The minimum atomic E-state index is -3.59. The Morgan fingerprint density at radius 1 is 1.11 bits per heavy atom. The Morgan fingerprint density at radius 3 is 2.74 bits per heavy atom. The Morgan fingerprint density at radius 2 is 1.89 bits per heavy atom. The van der Waals surface area contributed by atoms with Crippen molar-refractivity contribution in [3.05, 3.63) is 57.5 Å². The summed E-state index contributed by atoms with van der Waals surface area (Å²) < 4.78 is 29.9. The Hall–Kier alpha value is -2.48. The van der Waals surface area contributed by atoms with Crippen LogP contribution in [-0.4, -0.2) is 42.0 Å². The maximum atomic E-state index is 12.3. The zero-order valence-electron chi connectivity index (χ0n) is 14.8. The van der Waals surface area contributed by atoms with Crippen LogP contribution in [0.5, 0.6) is 0 Å². The van der Waals surface area contributed by atoms with Crippen LogP contribution in [0.3, 0.4) is 0 Å². The number of hydrogen-bond acceptors (Lipinski definition) is 5. The molecule has 7 nitrogen and oxygen atoms in total. The van der Waals surface area contributed by atoms with E-state index < -0.39 is 10.0 Å². The molecule has 140 valence electrons. The van der Waals surface area contributed by atoms with Crippen LogP contribution in [0.2, 0.25) is 0 Å². The molecule has 0 radical (unpaired) electrons. The number of nitrogens with zero attached hydrogens (tertiary/aromatic N) is 4. The summed E-state index contributed by atoms with van der Waals surface area (Å²) in [5, 5.41) is 4.58.